The zero-order valence-corrected chi connectivity index (χ0v) is 12.8. The third-order valence-corrected chi connectivity index (χ3v) is 3.47. The summed E-state index contributed by atoms with van der Waals surface area (Å²) in [7, 11) is 1.51. The number of methoxy groups -OCH3 is 1. The number of nitrogens with one attached hydrogen (secondary N) is 1. The Kier molecular flexibility index (Phi) is 3.74. The first kappa shape index (κ1) is 13.8. The molecule has 0 aliphatic carbocycles. The van der Waals surface area contributed by atoms with Crippen LogP contribution in [-0.4, -0.2) is 21.5 Å². The molecule has 3 aromatic rings. The normalized spacial score (nSPS) is 10.8. The summed E-state index contributed by atoms with van der Waals surface area (Å²) in [5.41, 5.74) is 2.45. The van der Waals surface area contributed by atoms with E-state index in [4.69, 9.17) is 4.74 Å². The largest absolute Gasteiger partial charge is 0.494 e. The molecule has 0 aliphatic heterocycles. The predicted octanol–water partition coefficient (Wildman–Crippen LogP) is 3.25. The first-order valence-corrected chi connectivity index (χ1v) is 7.01. The summed E-state index contributed by atoms with van der Waals surface area (Å²) in [5, 5.41) is 3.22. The van der Waals surface area contributed by atoms with Gasteiger partial charge in [0.1, 0.15) is 16.2 Å². The van der Waals surface area contributed by atoms with Gasteiger partial charge >= 0.3 is 0 Å². The van der Waals surface area contributed by atoms with E-state index < -0.39 is 0 Å². The molecule has 0 saturated heterocycles. The van der Waals surface area contributed by atoms with E-state index in [0.29, 0.717) is 12.3 Å². The highest BCUT2D eigenvalue weighted by Crippen LogP contribution is 2.25. The van der Waals surface area contributed by atoms with Gasteiger partial charge in [0, 0.05) is 12.3 Å². The Bertz CT molecular complexity index is 790. The second-order valence-electron chi connectivity index (χ2n) is 4.39. The molecule has 21 heavy (non-hydrogen) atoms. The van der Waals surface area contributed by atoms with E-state index in [0.717, 1.165) is 21.6 Å². The van der Waals surface area contributed by atoms with Gasteiger partial charge in [-0.05, 0) is 28.1 Å². The summed E-state index contributed by atoms with van der Waals surface area (Å²) in [6, 6.07) is 4.38. The lowest BCUT2D eigenvalue weighted by atomic mass is 10.2. The fourth-order valence-electron chi connectivity index (χ4n) is 2.04. The van der Waals surface area contributed by atoms with Crippen molar-refractivity contribution in [2.45, 2.75) is 6.54 Å². The summed E-state index contributed by atoms with van der Waals surface area (Å²) in [6.45, 7) is 0.527. The van der Waals surface area contributed by atoms with Crippen LogP contribution in [0.2, 0.25) is 0 Å². The van der Waals surface area contributed by atoms with Crippen LogP contribution in [0.3, 0.4) is 0 Å². The molecule has 0 unspecified atom stereocenters. The SMILES string of the molecule is COc1cc(F)ccc1NCc1cnc2cnc(Br)cn12. The van der Waals surface area contributed by atoms with Gasteiger partial charge in [0.2, 0.25) is 0 Å². The average molecular weight is 351 g/mol. The maximum Gasteiger partial charge on any atom is 0.155 e. The smallest absolute Gasteiger partial charge is 0.155 e. The number of halogens is 2. The van der Waals surface area contributed by atoms with Crippen molar-refractivity contribution in [3.63, 3.8) is 0 Å². The van der Waals surface area contributed by atoms with Crippen LogP contribution in [0, 0.1) is 5.82 Å². The molecule has 1 aromatic carbocycles. The third kappa shape index (κ3) is 2.82. The second kappa shape index (κ2) is 5.69. The number of anilines is 1. The Morgan fingerprint density at radius 3 is 3.00 bits per heavy atom. The van der Waals surface area contributed by atoms with Crippen LogP contribution in [0.5, 0.6) is 5.75 Å². The Hall–Kier alpha value is -2.15. The average Bonchev–Trinajstić information content (AvgIpc) is 2.88. The highest BCUT2D eigenvalue weighted by atomic mass is 79.9. The summed E-state index contributed by atoms with van der Waals surface area (Å²) in [5.74, 6) is 0.133. The lowest BCUT2D eigenvalue weighted by Crippen LogP contribution is -2.04. The Morgan fingerprint density at radius 1 is 1.33 bits per heavy atom. The molecule has 0 aliphatic rings. The standard InChI is InChI=1S/C14H12BrFN4O/c1-21-12-4-9(16)2-3-11(12)17-5-10-6-19-14-7-18-13(15)8-20(10)14/h2-4,6-8,17H,5H2,1H3. The molecule has 2 heterocycles. The summed E-state index contributed by atoms with van der Waals surface area (Å²) in [6.07, 6.45) is 5.31. The van der Waals surface area contributed by atoms with Crippen LogP contribution in [0.15, 0.2) is 41.4 Å². The quantitative estimate of drug-likeness (QED) is 0.784. The van der Waals surface area contributed by atoms with Crippen LogP contribution < -0.4 is 10.1 Å². The van der Waals surface area contributed by atoms with E-state index in [1.807, 2.05) is 10.6 Å². The number of fused-ring (bicyclic) bond motifs is 1. The number of imidazole rings is 1. The van der Waals surface area contributed by atoms with Crippen LogP contribution in [0.25, 0.3) is 5.65 Å². The zero-order chi connectivity index (χ0) is 14.8. The zero-order valence-electron chi connectivity index (χ0n) is 11.2. The van der Waals surface area contributed by atoms with E-state index in [-0.39, 0.29) is 5.82 Å². The molecule has 0 saturated carbocycles. The molecule has 2 aromatic heterocycles. The number of hydrogen-bond donors (Lipinski definition) is 1. The number of hydrogen-bond acceptors (Lipinski definition) is 4. The van der Waals surface area contributed by atoms with Crippen molar-refractivity contribution in [3.8, 4) is 5.75 Å². The van der Waals surface area contributed by atoms with Gasteiger partial charge in [-0.25, -0.2) is 14.4 Å². The van der Waals surface area contributed by atoms with E-state index in [9.17, 15) is 4.39 Å². The van der Waals surface area contributed by atoms with Crippen molar-refractivity contribution in [1.82, 2.24) is 14.4 Å². The Labute approximate surface area is 128 Å². The van der Waals surface area contributed by atoms with E-state index in [1.165, 1.54) is 19.2 Å². The molecule has 108 valence electrons. The first-order chi connectivity index (χ1) is 10.2. The molecular weight excluding hydrogens is 339 g/mol. The number of rotatable bonds is 4. The minimum atomic E-state index is -0.331. The van der Waals surface area contributed by atoms with Gasteiger partial charge in [0.25, 0.3) is 0 Å². The highest BCUT2D eigenvalue weighted by molar-refractivity contribution is 9.10. The Balaban J connectivity index is 1.85. The van der Waals surface area contributed by atoms with Crippen molar-refractivity contribution in [3.05, 3.63) is 52.9 Å². The highest BCUT2D eigenvalue weighted by Gasteiger charge is 2.07. The van der Waals surface area contributed by atoms with Gasteiger partial charge in [-0.15, -0.1) is 0 Å². The number of ether oxygens (including phenoxy) is 1. The van der Waals surface area contributed by atoms with Gasteiger partial charge in [-0.1, -0.05) is 0 Å². The van der Waals surface area contributed by atoms with Crippen molar-refractivity contribution >= 4 is 27.3 Å². The summed E-state index contributed by atoms with van der Waals surface area (Å²) >= 11 is 3.34. The Morgan fingerprint density at radius 2 is 2.19 bits per heavy atom. The van der Waals surface area contributed by atoms with Crippen LogP contribution in [-0.2, 0) is 6.54 Å². The second-order valence-corrected chi connectivity index (χ2v) is 5.20. The lowest BCUT2D eigenvalue weighted by Gasteiger charge is -2.11. The number of nitrogens with zero attached hydrogens (tertiary/aromatic N) is 3. The maximum absolute atomic E-state index is 13.2. The molecule has 1 N–H and O–H groups in total. The van der Waals surface area contributed by atoms with E-state index >= 15 is 0 Å². The van der Waals surface area contributed by atoms with Gasteiger partial charge in [-0.3, -0.25) is 4.40 Å². The van der Waals surface area contributed by atoms with Crippen molar-refractivity contribution in [2.75, 3.05) is 12.4 Å². The predicted molar refractivity (Wildman–Crippen MR) is 81.0 cm³/mol. The summed E-state index contributed by atoms with van der Waals surface area (Å²) in [4.78, 5) is 8.40. The lowest BCUT2D eigenvalue weighted by molar-refractivity contribution is 0.413. The van der Waals surface area contributed by atoms with Gasteiger partial charge < -0.3 is 10.1 Å². The van der Waals surface area contributed by atoms with Gasteiger partial charge in [0.15, 0.2) is 5.65 Å². The number of aromatic nitrogens is 3. The molecule has 7 heteroatoms. The van der Waals surface area contributed by atoms with Crippen molar-refractivity contribution < 1.29 is 9.13 Å². The first-order valence-electron chi connectivity index (χ1n) is 6.22. The van der Waals surface area contributed by atoms with Crippen molar-refractivity contribution in [1.29, 1.82) is 0 Å². The summed E-state index contributed by atoms with van der Waals surface area (Å²) < 4.78 is 21.0. The van der Waals surface area contributed by atoms with E-state index in [1.54, 1.807) is 18.5 Å². The minimum Gasteiger partial charge on any atom is -0.494 e. The molecule has 0 bridgehead atoms. The number of benzene rings is 1. The molecule has 0 spiro atoms. The maximum atomic E-state index is 13.2. The molecule has 0 fully saturated rings. The van der Waals surface area contributed by atoms with Crippen LogP contribution >= 0.6 is 15.9 Å². The van der Waals surface area contributed by atoms with Crippen LogP contribution in [0.4, 0.5) is 10.1 Å². The molecule has 0 amide bonds. The van der Waals surface area contributed by atoms with Crippen molar-refractivity contribution in [2.24, 2.45) is 0 Å². The van der Waals surface area contributed by atoms with Gasteiger partial charge in [-0.2, -0.15) is 0 Å². The fourth-order valence-corrected chi connectivity index (χ4v) is 2.35. The molecule has 0 atom stereocenters. The van der Waals surface area contributed by atoms with Crippen LogP contribution in [0.1, 0.15) is 5.69 Å². The fraction of sp³-hybridized carbons (Fsp3) is 0.143. The van der Waals surface area contributed by atoms with E-state index in [2.05, 4.69) is 31.2 Å². The monoisotopic (exact) mass is 350 g/mol. The molecule has 5 nitrogen and oxygen atoms in total. The minimum absolute atomic E-state index is 0.331. The molecule has 3 rings (SSSR count). The molecular formula is C14H12BrFN4O. The third-order valence-electron chi connectivity index (χ3n) is 3.06. The molecule has 0 radical (unpaired) electrons. The van der Waals surface area contributed by atoms with Gasteiger partial charge in [0.05, 0.1) is 37.4 Å². The topological polar surface area (TPSA) is 51.5 Å².